The first kappa shape index (κ1) is 31.6. The molecular weight excluding hydrogens is 582 g/mol. The van der Waals surface area contributed by atoms with Crippen molar-refractivity contribution in [2.24, 2.45) is 0 Å². The van der Waals surface area contributed by atoms with Crippen LogP contribution in [-0.2, 0) is 13.6 Å². The molecule has 1 aliphatic rings. The molecule has 5 rings (SSSR count). The van der Waals surface area contributed by atoms with Gasteiger partial charge < -0.3 is 13.6 Å². The van der Waals surface area contributed by atoms with Crippen LogP contribution in [-0.4, -0.2) is 70.0 Å². The third-order valence-corrected chi connectivity index (χ3v) is 18.4. The van der Waals surface area contributed by atoms with Gasteiger partial charge in [0.15, 0.2) is 33.6 Å². The molecule has 1 aromatic carbocycles. The summed E-state index contributed by atoms with van der Waals surface area (Å²) >= 11 is 0. The van der Waals surface area contributed by atoms with Gasteiger partial charge in [0.05, 0.1) is 25.2 Å². The molecule has 3 aromatic heterocycles. The molecule has 3 atom stereocenters. The van der Waals surface area contributed by atoms with E-state index in [0.717, 1.165) is 5.56 Å². The summed E-state index contributed by atoms with van der Waals surface area (Å²) in [6.45, 7) is 23.0. The first-order valence-corrected chi connectivity index (χ1v) is 20.6. The quantitative estimate of drug-likeness (QED) is 0.195. The zero-order valence-corrected chi connectivity index (χ0v) is 28.9. The molecule has 0 bridgehead atoms. The number of hydrogen-bond donors (Lipinski definition) is 0. The molecule has 1 saturated heterocycles. The van der Waals surface area contributed by atoms with Crippen molar-refractivity contribution >= 4 is 27.8 Å². The fourth-order valence-electron chi connectivity index (χ4n) is 4.55. The Morgan fingerprint density at radius 2 is 1.63 bits per heavy atom. The Balaban J connectivity index is 1.43. The Morgan fingerprint density at radius 3 is 2.28 bits per heavy atom. The molecule has 43 heavy (non-hydrogen) atoms. The van der Waals surface area contributed by atoms with Gasteiger partial charge in [-0.25, -0.2) is 19.3 Å². The highest BCUT2D eigenvalue weighted by atomic mass is 28.4. The number of nitrogens with zero attached hydrogens (tertiary/aromatic N) is 7. The van der Waals surface area contributed by atoms with Crippen molar-refractivity contribution in [3.05, 3.63) is 48.9 Å². The van der Waals surface area contributed by atoms with E-state index in [1.807, 2.05) is 4.57 Å². The van der Waals surface area contributed by atoms with Gasteiger partial charge in [-0.05, 0) is 60.5 Å². The second-order valence-corrected chi connectivity index (χ2v) is 24.0. The van der Waals surface area contributed by atoms with E-state index in [1.165, 1.54) is 18.5 Å². The highest BCUT2D eigenvalue weighted by molar-refractivity contribution is 6.74. The summed E-state index contributed by atoms with van der Waals surface area (Å²) in [6.07, 6.45) is 4.96. The lowest BCUT2D eigenvalue weighted by molar-refractivity contribution is -0.0383. The van der Waals surface area contributed by atoms with Crippen molar-refractivity contribution < 1.29 is 18.0 Å². The monoisotopic (exact) mass is 625 g/mol. The number of benzene rings is 1. The molecule has 4 heterocycles. The molecule has 1 fully saturated rings. The predicted molar refractivity (Wildman–Crippen MR) is 169 cm³/mol. The van der Waals surface area contributed by atoms with Gasteiger partial charge in [0.2, 0.25) is 0 Å². The lowest BCUT2D eigenvalue weighted by Gasteiger charge is -2.40. The van der Waals surface area contributed by atoms with Crippen molar-refractivity contribution in [1.29, 1.82) is 0 Å². The molecule has 1 aliphatic heterocycles. The Bertz CT molecular complexity index is 1580. The molecule has 0 unspecified atom stereocenters. The van der Waals surface area contributed by atoms with Gasteiger partial charge in [-0.3, -0.25) is 4.57 Å². The smallest absolute Gasteiger partial charge is 0.192 e. The average Bonchev–Trinajstić information content (AvgIpc) is 3.65. The highest BCUT2D eigenvalue weighted by Crippen LogP contribution is 2.43. The number of aromatic nitrogens is 7. The van der Waals surface area contributed by atoms with E-state index in [2.05, 4.69) is 93.0 Å². The second kappa shape index (κ2) is 11.3. The van der Waals surface area contributed by atoms with E-state index in [1.54, 1.807) is 29.3 Å². The molecular formula is C30H44FN7O3Si2. The summed E-state index contributed by atoms with van der Waals surface area (Å²) in [6, 6.07) is 6.12. The zero-order chi connectivity index (χ0) is 31.4. The van der Waals surface area contributed by atoms with Crippen LogP contribution in [0.1, 0.15) is 54.2 Å². The maximum Gasteiger partial charge on any atom is 0.192 e. The summed E-state index contributed by atoms with van der Waals surface area (Å²) < 4.78 is 37.2. The standard InChI is InChI=1S/C30H44FN7O3Si2/c1-29(2,3)42(7,8)39-17-24-23(41-43(9,10)30(4,5)6)15-25(40-24)37-19-34-26-27(37)32-18-33-28(26)38-16-22(35-36-38)20-11-13-21(31)14-12-20/h11-14,16,18-19,23-25H,15,17H2,1-10H3/t23-,24+,25+/m0/s1. The number of rotatable bonds is 8. The minimum atomic E-state index is -2.09. The van der Waals surface area contributed by atoms with Gasteiger partial charge >= 0.3 is 0 Å². The summed E-state index contributed by atoms with van der Waals surface area (Å²) in [5.74, 6) is 0.188. The van der Waals surface area contributed by atoms with E-state index >= 15 is 0 Å². The number of fused-ring (bicyclic) bond motifs is 1. The number of hydrogen-bond acceptors (Lipinski definition) is 8. The van der Waals surface area contributed by atoms with Gasteiger partial charge in [0.1, 0.15) is 30.2 Å². The van der Waals surface area contributed by atoms with Crippen LogP contribution >= 0.6 is 0 Å². The van der Waals surface area contributed by atoms with E-state index in [0.29, 0.717) is 35.7 Å². The third kappa shape index (κ3) is 6.36. The van der Waals surface area contributed by atoms with E-state index in [-0.39, 0.29) is 34.3 Å². The van der Waals surface area contributed by atoms with Gasteiger partial charge in [0, 0.05) is 12.0 Å². The van der Waals surface area contributed by atoms with Crippen molar-refractivity contribution in [2.75, 3.05) is 6.61 Å². The lowest BCUT2D eigenvalue weighted by Crippen LogP contribution is -2.48. The maximum atomic E-state index is 13.4. The van der Waals surface area contributed by atoms with Gasteiger partial charge in [-0.2, -0.15) is 4.68 Å². The molecule has 0 spiro atoms. The summed E-state index contributed by atoms with van der Waals surface area (Å²) in [7, 11) is -4.09. The van der Waals surface area contributed by atoms with Crippen LogP contribution in [0, 0.1) is 5.82 Å². The van der Waals surface area contributed by atoms with Crippen LogP contribution in [0.25, 0.3) is 28.2 Å². The largest absolute Gasteiger partial charge is 0.414 e. The minimum Gasteiger partial charge on any atom is -0.414 e. The van der Waals surface area contributed by atoms with Crippen LogP contribution < -0.4 is 0 Å². The van der Waals surface area contributed by atoms with Gasteiger partial charge in [-0.1, -0.05) is 46.8 Å². The fourth-order valence-corrected chi connectivity index (χ4v) is 6.92. The van der Waals surface area contributed by atoms with E-state index < -0.39 is 16.6 Å². The summed E-state index contributed by atoms with van der Waals surface area (Å²) in [4.78, 5) is 13.7. The SMILES string of the molecule is CC(C)(C)[Si](C)(C)OC[C@H]1O[C@@H](n2cnc3c(-n4cc(-c5ccc(F)cc5)nn4)ncnc32)C[C@@H]1O[Si](C)(C)C(C)(C)C. The van der Waals surface area contributed by atoms with Crippen LogP contribution in [0.3, 0.4) is 0 Å². The van der Waals surface area contributed by atoms with Crippen LogP contribution in [0.4, 0.5) is 4.39 Å². The Morgan fingerprint density at radius 1 is 0.953 bits per heavy atom. The third-order valence-electron chi connectivity index (χ3n) is 9.35. The molecule has 0 N–H and O–H groups in total. The van der Waals surface area contributed by atoms with Crippen molar-refractivity contribution in [2.45, 2.75) is 103 Å². The van der Waals surface area contributed by atoms with Gasteiger partial charge in [-0.15, -0.1) is 5.10 Å². The number of ether oxygens (including phenoxy) is 1. The molecule has 0 radical (unpaired) electrons. The van der Waals surface area contributed by atoms with Crippen LogP contribution in [0.2, 0.25) is 36.3 Å². The maximum absolute atomic E-state index is 13.4. The Hall–Kier alpha value is -2.85. The average molecular weight is 626 g/mol. The second-order valence-electron chi connectivity index (χ2n) is 14.4. The zero-order valence-electron chi connectivity index (χ0n) is 26.9. The molecule has 0 saturated carbocycles. The molecule has 4 aromatic rings. The predicted octanol–water partition coefficient (Wildman–Crippen LogP) is 6.91. The number of halogens is 1. The minimum absolute atomic E-state index is 0.0598. The molecule has 10 nitrogen and oxygen atoms in total. The molecule has 0 aliphatic carbocycles. The van der Waals surface area contributed by atoms with Crippen molar-refractivity contribution in [3.8, 4) is 17.1 Å². The molecule has 13 heteroatoms. The molecule has 232 valence electrons. The fraction of sp³-hybridized carbons (Fsp3) is 0.567. The molecule has 0 amide bonds. The van der Waals surface area contributed by atoms with Crippen LogP contribution in [0.15, 0.2) is 43.1 Å². The topological polar surface area (TPSA) is 102 Å². The highest BCUT2D eigenvalue weighted by Gasteiger charge is 2.47. The first-order chi connectivity index (χ1) is 20.0. The van der Waals surface area contributed by atoms with E-state index in [9.17, 15) is 4.39 Å². The summed E-state index contributed by atoms with van der Waals surface area (Å²) in [5.41, 5.74) is 2.55. The Labute approximate surface area is 255 Å². The number of imidazole rings is 1. The first-order valence-electron chi connectivity index (χ1n) is 14.8. The summed E-state index contributed by atoms with van der Waals surface area (Å²) in [5, 5.41) is 8.68. The van der Waals surface area contributed by atoms with Crippen molar-refractivity contribution in [3.63, 3.8) is 0 Å². The van der Waals surface area contributed by atoms with Gasteiger partial charge in [0.25, 0.3) is 0 Å². The Kier molecular flexibility index (Phi) is 8.27. The lowest BCUT2D eigenvalue weighted by atomic mass is 10.2. The van der Waals surface area contributed by atoms with Crippen LogP contribution in [0.5, 0.6) is 0 Å². The van der Waals surface area contributed by atoms with Crippen molar-refractivity contribution in [1.82, 2.24) is 34.5 Å². The van der Waals surface area contributed by atoms with E-state index in [4.69, 9.17) is 13.6 Å². The normalized spacial score (nSPS) is 20.3.